The third kappa shape index (κ3) is 16.1. The van der Waals surface area contributed by atoms with Crippen molar-refractivity contribution in [2.75, 3.05) is 50.3 Å². The number of fused-ring (bicyclic) bond motifs is 9. The minimum atomic E-state index is -1.48. The Morgan fingerprint density at radius 1 is 0.722 bits per heavy atom. The lowest BCUT2D eigenvalue weighted by Gasteiger charge is -2.31. The summed E-state index contributed by atoms with van der Waals surface area (Å²) in [6, 6.07) is 31.2. The fourth-order valence-corrected chi connectivity index (χ4v) is 15.2. The number of pyridine rings is 1. The molecular weight excluding hydrogens is 1380 g/mol. The fraction of sp³-hybridized carbons (Fsp3) is 0.422. The first kappa shape index (κ1) is 75.2. The van der Waals surface area contributed by atoms with Gasteiger partial charge in [0.2, 0.25) is 17.7 Å². The summed E-state index contributed by atoms with van der Waals surface area (Å²) in [5.74, 6) is -2.55. The van der Waals surface area contributed by atoms with Crippen molar-refractivity contribution in [2.24, 2.45) is 17.3 Å². The second-order valence-electron chi connectivity index (χ2n) is 29.8. The number of Topliss-reactive ketones (excluding diaryl/α,β-unsaturated/α-hetero) is 3. The fourth-order valence-electron chi connectivity index (χ4n) is 15.2. The summed E-state index contributed by atoms with van der Waals surface area (Å²) in [6.45, 7) is 11.5. The van der Waals surface area contributed by atoms with E-state index in [-0.39, 0.29) is 147 Å². The van der Waals surface area contributed by atoms with Crippen LogP contribution in [0.2, 0.25) is 0 Å². The highest BCUT2D eigenvalue weighted by atomic mass is 16.6. The molecule has 1 saturated carbocycles. The second kappa shape index (κ2) is 32.2. The molecule has 108 heavy (non-hydrogen) atoms. The number of aliphatic hydroxyl groups is 1. The predicted octanol–water partition coefficient (Wildman–Crippen LogP) is 11.1. The summed E-state index contributed by atoms with van der Waals surface area (Å²) in [7, 11) is 2.98. The minimum Gasteiger partial charge on any atom is -0.493 e. The number of ketones is 3. The highest BCUT2D eigenvalue weighted by Crippen LogP contribution is 2.57. The van der Waals surface area contributed by atoms with E-state index in [2.05, 4.69) is 25.9 Å². The summed E-state index contributed by atoms with van der Waals surface area (Å²) in [4.78, 5) is 135. The summed E-state index contributed by atoms with van der Waals surface area (Å²) in [5.41, 5.74) is 10.4. The summed E-state index contributed by atoms with van der Waals surface area (Å²) < 4.78 is 31.9. The number of ether oxygens (including phenoxy) is 5. The van der Waals surface area contributed by atoms with Crippen molar-refractivity contribution < 1.29 is 71.9 Å². The van der Waals surface area contributed by atoms with Crippen LogP contribution in [0.25, 0.3) is 28.1 Å². The van der Waals surface area contributed by atoms with E-state index in [1.165, 1.54) is 26.4 Å². The molecule has 25 nitrogen and oxygen atoms in total. The van der Waals surface area contributed by atoms with Crippen LogP contribution in [0, 0.1) is 24.2 Å². The summed E-state index contributed by atoms with van der Waals surface area (Å²) in [5, 5.41) is 26.6. The number of benzene rings is 5. The van der Waals surface area contributed by atoms with Gasteiger partial charge in [-0.05, 0) is 141 Å². The maximum absolute atomic E-state index is 14.5. The van der Waals surface area contributed by atoms with E-state index in [0.717, 1.165) is 75.4 Å². The lowest BCUT2D eigenvalue weighted by atomic mass is 9.89. The van der Waals surface area contributed by atoms with Crippen molar-refractivity contribution in [2.45, 2.75) is 169 Å². The quantitative estimate of drug-likeness (QED) is 0.0384. The number of nitrogens with zero attached hydrogens (tertiary/aromatic N) is 8. The van der Waals surface area contributed by atoms with Crippen molar-refractivity contribution >= 4 is 69.9 Å². The molecule has 6 aliphatic rings. The van der Waals surface area contributed by atoms with E-state index in [0.29, 0.717) is 65.4 Å². The van der Waals surface area contributed by atoms with E-state index < -0.39 is 47.9 Å². The van der Waals surface area contributed by atoms with Crippen LogP contribution in [-0.2, 0) is 59.5 Å². The number of carbonyl (C=O) groups is 9. The Morgan fingerprint density at radius 2 is 1.42 bits per heavy atom. The first-order valence-electron chi connectivity index (χ1n) is 37.2. The van der Waals surface area contributed by atoms with Gasteiger partial charge in [-0.1, -0.05) is 91.9 Å². The number of anilines is 2. The first-order valence-corrected chi connectivity index (χ1v) is 37.2. The smallest absolute Gasteiger partial charge is 0.416 e. The molecule has 2 fully saturated rings. The molecule has 5 atom stereocenters. The van der Waals surface area contributed by atoms with Gasteiger partial charge in [0.1, 0.15) is 18.1 Å². The van der Waals surface area contributed by atoms with Crippen molar-refractivity contribution in [3.8, 4) is 45.5 Å². The largest absolute Gasteiger partial charge is 0.493 e. The number of nitrogens with one attached hydrogen (secondary N) is 2. The topological polar surface area (TPSA) is 301 Å². The highest BCUT2D eigenvalue weighted by molar-refractivity contribution is 6.07. The third-order valence-electron chi connectivity index (χ3n) is 21.6. The average molecular weight is 1470 g/mol. The maximum Gasteiger partial charge on any atom is 0.416 e. The molecule has 13 rings (SSSR count). The summed E-state index contributed by atoms with van der Waals surface area (Å²) in [6.07, 6.45) is 5.43. The zero-order chi connectivity index (χ0) is 76.2. The molecule has 5 aliphatic heterocycles. The highest BCUT2D eigenvalue weighted by Gasteiger charge is 2.58. The lowest BCUT2D eigenvalue weighted by Crippen LogP contribution is -2.50. The van der Waals surface area contributed by atoms with Crippen molar-refractivity contribution in [1.29, 1.82) is 0 Å². The van der Waals surface area contributed by atoms with E-state index in [4.69, 9.17) is 23.7 Å². The molecule has 3 N–H and O–H groups in total. The van der Waals surface area contributed by atoms with E-state index in [9.17, 15) is 48.3 Å². The number of aliphatic hydroxyl groups excluding tert-OH is 1. The molecule has 2 aromatic heterocycles. The maximum atomic E-state index is 14.5. The number of amides is 6. The van der Waals surface area contributed by atoms with Crippen LogP contribution in [0.5, 0.6) is 23.0 Å². The van der Waals surface area contributed by atoms with Gasteiger partial charge in [-0.2, -0.15) is 0 Å². The van der Waals surface area contributed by atoms with E-state index in [1.807, 2.05) is 109 Å². The number of aromatic nitrogens is 4. The molecule has 7 heterocycles. The molecule has 0 bridgehead atoms. The van der Waals surface area contributed by atoms with Gasteiger partial charge in [-0.25, -0.2) is 14.4 Å². The second-order valence-corrected chi connectivity index (χ2v) is 29.8. The van der Waals surface area contributed by atoms with Crippen LogP contribution in [0.3, 0.4) is 0 Å². The minimum absolute atomic E-state index is 0.00945. The molecule has 6 amide bonds. The number of rotatable bonds is 28. The molecule has 1 spiro atoms. The van der Waals surface area contributed by atoms with Gasteiger partial charge in [0.25, 0.3) is 11.8 Å². The number of aryl methyl sites for hydroxylation is 2. The molecule has 5 aromatic carbocycles. The van der Waals surface area contributed by atoms with Gasteiger partial charge in [0.15, 0.2) is 40.8 Å². The van der Waals surface area contributed by atoms with Crippen molar-refractivity contribution in [3.63, 3.8) is 0 Å². The Labute approximate surface area is 627 Å². The first-order chi connectivity index (χ1) is 52.0. The Morgan fingerprint density at radius 3 is 2.12 bits per heavy atom. The van der Waals surface area contributed by atoms with E-state index >= 15 is 0 Å². The molecule has 1 saturated heterocycles. The van der Waals surface area contributed by atoms with Gasteiger partial charge in [-0.15, -0.1) is 5.10 Å². The van der Waals surface area contributed by atoms with Gasteiger partial charge >= 0.3 is 6.09 Å². The van der Waals surface area contributed by atoms with Crippen LogP contribution < -0.4 is 39.4 Å². The normalized spacial score (nSPS) is 17.8. The zero-order valence-electron chi connectivity index (χ0n) is 62.3. The van der Waals surface area contributed by atoms with Crippen molar-refractivity contribution in [3.05, 3.63) is 166 Å². The van der Waals surface area contributed by atoms with E-state index in [1.54, 1.807) is 60.9 Å². The average Bonchev–Trinajstić information content (AvgIpc) is 1.56. The molecule has 7 aromatic rings. The Balaban J connectivity index is 0.569. The number of carbonyl (C=O) groups excluding carboxylic acids is 9. The molecule has 25 heteroatoms. The zero-order valence-corrected chi connectivity index (χ0v) is 62.3. The number of methoxy groups -OCH3 is 2. The Kier molecular flexibility index (Phi) is 22.4. The molecule has 1 unspecified atom stereocenters. The predicted molar refractivity (Wildman–Crippen MR) is 401 cm³/mol. The van der Waals surface area contributed by atoms with Crippen LogP contribution in [0.1, 0.15) is 166 Å². The Hall–Kier alpha value is -11.1. The third-order valence-corrected chi connectivity index (χ3v) is 21.6. The van der Waals surface area contributed by atoms with Crippen LogP contribution in [-0.4, -0.2) is 153 Å². The Bertz CT molecular complexity index is 4680. The lowest BCUT2D eigenvalue weighted by molar-refractivity contribution is -0.133. The van der Waals surface area contributed by atoms with Crippen LogP contribution >= 0.6 is 0 Å². The van der Waals surface area contributed by atoms with Crippen LogP contribution in [0.15, 0.2) is 122 Å². The molecule has 564 valence electrons. The summed E-state index contributed by atoms with van der Waals surface area (Å²) >= 11 is 0. The van der Waals surface area contributed by atoms with Gasteiger partial charge in [0.05, 0.1) is 75.2 Å². The van der Waals surface area contributed by atoms with Gasteiger partial charge < -0.3 is 54.1 Å². The number of hydrogen-bond acceptors (Lipinski definition) is 18. The molecule has 0 radical (unpaired) electrons. The number of para-hydroxylation sites is 1. The molecule has 1 aliphatic carbocycles. The SMILES string of the molecule is COc1cc2c(cc1OCCCOc1cc3c(cc1OC)C(=O)N1CC4(CC4)C[C@H]1C(O)N3C(=O)OCc1ccc(CC(=O)[C@H](C)NC(=O)[C@@H](CC(=O)CNC(=O)CCC(=O)CCC(=O)N3Cc4ccccc4-c4c(nnn4C(C)C)-c4ccccc43)C(C)C)cc1)CC[C@@H]1CC(c3ccc(C)nc3)=CN1C2=O. The molecular formula is C83H92N10O15. The van der Waals surface area contributed by atoms with Crippen molar-refractivity contribution in [1.82, 2.24) is 40.4 Å². The van der Waals surface area contributed by atoms with Gasteiger partial charge in [-0.3, -0.25) is 43.3 Å². The standard InChI is InChI=1S/C83H92N10O15/c1-48(2)63(37-60(95)43-85-74(97)28-26-59(94)27-29-75(98)90-44-56-14-9-10-15-61(56)77-76(87-88-93(77)49(3)4)62-16-11-12-17-66(62)90)78(99)86-51(6)69(96)34-52-19-21-53(22-20-52)46-108-82(103)92-67-40-73(71(105-8)39-65(67)80(101)91-47-83(30-31-83)41-68(91)81(92)102)107-33-13-32-106-72-36-54-24-25-58-35-57(55-23-18-50(5)84-42-55)45-89(58)79(100)64(54)38-70(72)104-7/h9-12,14-23,36,38-40,42,45,48-49,51,58,63,68,81,102H,13,24-35,37,41,43-44,46-47H2,1-8H3,(H,85,97)(H,86,99)/t51-,58+,63-,68-,81?/m0/s1. The van der Waals surface area contributed by atoms with Crippen LogP contribution in [0.4, 0.5) is 16.2 Å². The van der Waals surface area contributed by atoms with Gasteiger partial charge in [0, 0.05) is 110 Å². The monoisotopic (exact) mass is 1470 g/mol. The number of hydrogen-bond donors (Lipinski definition) is 3.